The van der Waals surface area contributed by atoms with E-state index in [4.69, 9.17) is 0 Å². The number of pyridine rings is 2. The van der Waals surface area contributed by atoms with Gasteiger partial charge in [-0.15, -0.1) is 12.4 Å². The summed E-state index contributed by atoms with van der Waals surface area (Å²) in [4.78, 5) is 24.9. The lowest BCUT2D eigenvalue weighted by Gasteiger charge is -2.18. The normalized spacial score (nSPS) is 10.9. The Morgan fingerprint density at radius 2 is 1.73 bits per heavy atom. The van der Waals surface area contributed by atoms with Crippen LogP contribution in [0.25, 0.3) is 27.8 Å². The molecule has 0 saturated carbocycles. The summed E-state index contributed by atoms with van der Waals surface area (Å²) < 4.78 is 3.69. The topological polar surface area (TPSA) is 87.5 Å². The number of aryl methyl sites for hydroxylation is 1. The molecule has 160 valence electrons. The van der Waals surface area contributed by atoms with E-state index < -0.39 is 0 Å². The molecule has 7 nitrogen and oxygen atoms in total. The Balaban J connectivity index is 0.00000160. The highest BCUT2D eigenvalue weighted by molar-refractivity contribution is 6.01. The lowest BCUT2D eigenvalue weighted by molar-refractivity contribution is 0.294. The molecular weight excluding hydrogens is 402 g/mol. The monoisotopic (exact) mass is 429 g/mol. The standard InChI is InChI=1S/C22H25N5O.ClH.H2O/c1-3-25(4-2)14-9-15-26-16-24-19-18-12-8-13-23-21(18)27(22(28)20(19)26)17-10-6-5-7-11-17;;/h5-8,10-13,16H,3-4,9,14-15H2,1-2H3;1H;1H2. The lowest BCUT2D eigenvalue weighted by Crippen LogP contribution is -2.25. The highest BCUT2D eigenvalue weighted by Gasteiger charge is 2.17. The number of halogens is 1. The molecule has 0 unspecified atom stereocenters. The van der Waals surface area contributed by atoms with Gasteiger partial charge in [-0.2, -0.15) is 0 Å². The van der Waals surface area contributed by atoms with E-state index in [1.54, 1.807) is 17.1 Å². The predicted molar refractivity (Wildman–Crippen MR) is 124 cm³/mol. The Labute approximate surface area is 181 Å². The van der Waals surface area contributed by atoms with Gasteiger partial charge in [-0.1, -0.05) is 32.0 Å². The summed E-state index contributed by atoms with van der Waals surface area (Å²) in [6.45, 7) is 8.20. The third-order valence-electron chi connectivity index (χ3n) is 5.28. The molecule has 3 aromatic heterocycles. The molecule has 0 aliphatic rings. The smallest absolute Gasteiger partial charge is 0.282 e. The number of rotatable bonds is 7. The molecule has 4 rings (SSSR count). The SMILES string of the molecule is CCN(CC)CCCn1cnc2c3cccnc3n(-c3ccccc3)c(=O)c21.Cl.O. The van der Waals surface area contributed by atoms with Crippen LogP contribution in [0.5, 0.6) is 0 Å². The van der Waals surface area contributed by atoms with Crippen molar-refractivity contribution in [2.75, 3.05) is 19.6 Å². The number of aromatic nitrogens is 4. The van der Waals surface area contributed by atoms with Crippen LogP contribution in [-0.4, -0.2) is 49.1 Å². The van der Waals surface area contributed by atoms with Crippen LogP contribution in [0.3, 0.4) is 0 Å². The van der Waals surface area contributed by atoms with Gasteiger partial charge in [-0.05, 0) is 50.3 Å². The number of hydrogen-bond donors (Lipinski definition) is 0. The second kappa shape index (κ2) is 10.3. The zero-order valence-electron chi connectivity index (χ0n) is 17.3. The molecule has 0 aliphatic carbocycles. The number of fused-ring (bicyclic) bond motifs is 3. The summed E-state index contributed by atoms with van der Waals surface area (Å²) in [5.74, 6) is 0. The van der Waals surface area contributed by atoms with Crippen LogP contribution >= 0.6 is 12.4 Å². The van der Waals surface area contributed by atoms with Gasteiger partial charge in [0.15, 0.2) is 0 Å². The van der Waals surface area contributed by atoms with E-state index in [1.165, 1.54) is 0 Å². The molecular formula is C22H28ClN5O2. The third kappa shape index (κ3) is 4.23. The first-order chi connectivity index (χ1) is 13.7. The van der Waals surface area contributed by atoms with Crippen LogP contribution in [0.15, 0.2) is 59.8 Å². The lowest BCUT2D eigenvalue weighted by atomic mass is 10.2. The zero-order valence-corrected chi connectivity index (χ0v) is 18.1. The zero-order chi connectivity index (χ0) is 19.5. The molecule has 30 heavy (non-hydrogen) atoms. The van der Waals surface area contributed by atoms with Crippen molar-refractivity contribution in [1.29, 1.82) is 0 Å². The Morgan fingerprint density at radius 3 is 2.43 bits per heavy atom. The van der Waals surface area contributed by atoms with E-state index >= 15 is 0 Å². The van der Waals surface area contributed by atoms with Crippen LogP contribution < -0.4 is 5.56 Å². The van der Waals surface area contributed by atoms with E-state index in [1.807, 2.05) is 47.0 Å². The minimum Gasteiger partial charge on any atom is -0.412 e. The fourth-order valence-electron chi connectivity index (χ4n) is 3.76. The van der Waals surface area contributed by atoms with Crippen molar-refractivity contribution in [3.8, 4) is 5.69 Å². The summed E-state index contributed by atoms with van der Waals surface area (Å²) >= 11 is 0. The maximum absolute atomic E-state index is 13.5. The van der Waals surface area contributed by atoms with Crippen molar-refractivity contribution < 1.29 is 5.48 Å². The molecule has 8 heteroatoms. The number of hydrogen-bond acceptors (Lipinski definition) is 4. The third-order valence-corrected chi connectivity index (χ3v) is 5.28. The second-order valence-electron chi connectivity index (χ2n) is 6.87. The van der Waals surface area contributed by atoms with Gasteiger partial charge in [0, 0.05) is 18.1 Å². The first-order valence-corrected chi connectivity index (χ1v) is 9.87. The van der Waals surface area contributed by atoms with Gasteiger partial charge in [0.25, 0.3) is 5.56 Å². The second-order valence-corrected chi connectivity index (χ2v) is 6.87. The Kier molecular flexibility index (Phi) is 8.11. The number of para-hydroxylation sites is 1. The van der Waals surface area contributed by atoms with E-state index in [-0.39, 0.29) is 23.4 Å². The first-order valence-electron chi connectivity index (χ1n) is 9.87. The summed E-state index contributed by atoms with van der Waals surface area (Å²) in [6, 6.07) is 13.5. The van der Waals surface area contributed by atoms with Gasteiger partial charge >= 0.3 is 0 Å². The first kappa shape index (κ1) is 23.5. The van der Waals surface area contributed by atoms with Crippen molar-refractivity contribution in [3.05, 3.63) is 65.3 Å². The van der Waals surface area contributed by atoms with Gasteiger partial charge in [0.1, 0.15) is 16.7 Å². The minimum atomic E-state index is -0.0762. The number of imidazole rings is 1. The average Bonchev–Trinajstić information content (AvgIpc) is 3.17. The van der Waals surface area contributed by atoms with Crippen molar-refractivity contribution in [3.63, 3.8) is 0 Å². The van der Waals surface area contributed by atoms with Crippen molar-refractivity contribution in [2.24, 2.45) is 0 Å². The molecule has 0 saturated heterocycles. The molecule has 0 spiro atoms. The summed E-state index contributed by atoms with van der Waals surface area (Å²) in [7, 11) is 0. The number of nitrogens with zero attached hydrogens (tertiary/aromatic N) is 5. The largest absolute Gasteiger partial charge is 0.412 e. The fraction of sp³-hybridized carbons (Fsp3) is 0.318. The highest BCUT2D eigenvalue weighted by atomic mass is 35.5. The van der Waals surface area contributed by atoms with E-state index in [9.17, 15) is 4.79 Å². The Morgan fingerprint density at radius 1 is 1.00 bits per heavy atom. The molecule has 1 aromatic carbocycles. The average molecular weight is 430 g/mol. The van der Waals surface area contributed by atoms with E-state index in [2.05, 4.69) is 28.7 Å². The predicted octanol–water partition coefficient (Wildman–Crippen LogP) is 3.06. The molecule has 0 bridgehead atoms. The van der Waals surface area contributed by atoms with Gasteiger partial charge in [-0.3, -0.25) is 9.36 Å². The molecule has 0 aliphatic heterocycles. The molecule has 0 fully saturated rings. The van der Waals surface area contributed by atoms with Crippen molar-refractivity contribution >= 4 is 34.5 Å². The van der Waals surface area contributed by atoms with Gasteiger partial charge in [0.05, 0.1) is 12.0 Å². The van der Waals surface area contributed by atoms with Gasteiger partial charge < -0.3 is 14.9 Å². The van der Waals surface area contributed by atoms with Crippen LogP contribution in [-0.2, 0) is 6.54 Å². The molecule has 3 heterocycles. The Hall–Kier alpha value is -2.74. The highest BCUT2D eigenvalue weighted by Crippen LogP contribution is 2.22. The number of benzene rings is 1. The van der Waals surface area contributed by atoms with Crippen LogP contribution in [0, 0.1) is 0 Å². The van der Waals surface area contributed by atoms with Crippen molar-refractivity contribution in [2.45, 2.75) is 26.8 Å². The molecule has 2 N–H and O–H groups in total. The maximum Gasteiger partial charge on any atom is 0.282 e. The van der Waals surface area contributed by atoms with Gasteiger partial charge in [-0.25, -0.2) is 9.97 Å². The Bertz CT molecular complexity index is 1150. The maximum atomic E-state index is 13.5. The molecule has 0 atom stereocenters. The van der Waals surface area contributed by atoms with E-state index in [0.717, 1.165) is 49.2 Å². The summed E-state index contributed by atoms with van der Waals surface area (Å²) in [5.41, 5.74) is 2.74. The summed E-state index contributed by atoms with van der Waals surface area (Å²) in [5, 5.41) is 0.892. The van der Waals surface area contributed by atoms with Crippen LogP contribution in [0.2, 0.25) is 0 Å². The van der Waals surface area contributed by atoms with Crippen LogP contribution in [0.4, 0.5) is 0 Å². The fourth-order valence-corrected chi connectivity index (χ4v) is 3.76. The molecule has 4 aromatic rings. The summed E-state index contributed by atoms with van der Waals surface area (Å²) in [6.07, 6.45) is 4.48. The molecule has 0 radical (unpaired) electrons. The van der Waals surface area contributed by atoms with E-state index in [0.29, 0.717) is 11.2 Å². The minimum absolute atomic E-state index is 0. The van der Waals surface area contributed by atoms with Crippen molar-refractivity contribution in [1.82, 2.24) is 24.0 Å². The quantitative estimate of drug-likeness (QED) is 0.451. The van der Waals surface area contributed by atoms with Gasteiger partial charge in [0.2, 0.25) is 0 Å². The molecule has 0 amide bonds. The van der Waals surface area contributed by atoms with Crippen LogP contribution in [0.1, 0.15) is 20.3 Å².